The Morgan fingerprint density at radius 2 is 2.12 bits per heavy atom. The lowest BCUT2D eigenvalue weighted by atomic mass is 10.0. The highest BCUT2D eigenvalue weighted by molar-refractivity contribution is 6.74. The molecule has 1 amide bonds. The number of rotatable bonds is 5. The van der Waals surface area contributed by atoms with E-state index in [4.69, 9.17) is 14.9 Å². The highest BCUT2D eigenvalue weighted by Gasteiger charge is 2.49. The third-order valence-corrected chi connectivity index (χ3v) is 9.58. The smallest absolute Gasteiger partial charge is 0.288 e. The highest BCUT2D eigenvalue weighted by Crippen LogP contribution is 2.43. The van der Waals surface area contributed by atoms with E-state index < -0.39 is 20.5 Å². The fraction of sp³-hybridized carbons (Fsp3) is 0.800. The van der Waals surface area contributed by atoms with Crippen molar-refractivity contribution in [1.82, 2.24) is 14.8 Å². The van der Waals surface area contributed by atoms with E-state index in [2.05, 4.69) is 43.9 Å². The van der Waals surface area contributed by atoms with Gasteiger partial charge < -0.3 is 20.0 Å². The number of ether oxygens (including phenoxy) is 1. The van der Waals surface area contributed by atoms with E-state index in [9.17, 15) is 9.90 Å². The molecular weight excluding hydrogens is 328 g/mol. The van der Waals surface area contributed by atoms with Gasteiger partial charge in [0.1, 0.15) is 6.33 Å². The van der Waals surface area contributed by atoms with Crippen molar-refractivity contribution in [2.75, 3.05) is 6.61 Å². The predicted octanol–water partition coefficient (Wildman–Crippen LogP) is 1.29. The van der Waals surface area contributed by atoms with Gasteiger partial charge in [-0.2, -0.15) is 0 Å². The summed E-state index contributed by atoms with van der Waals surface area (Å²) in [5, 5.41) is 13.7. The third kappa shape index (κ3) is 3.53. The molecule has 0 saturated carbocycles. The van der Waals surface area contributed by atoms with Gasteiger partial charge in [-0.15, -0.1) is 5.10 Å². The molecule has 1 aromatic heterocycles. The molecule has 1 fully saturated rings. The Bertz CT molecular complexity index is 599. The fourth-order valence-corrected chi connectivity index (χ4v) is 3.83. The number of hydrogen-bond acceptors (Lipinski definition) is 6. The van der Waals surface area contributed by atoms with Gasteiger partial charge in [-0.25, -0.2) is 9.67 Å². The van der Waals surface area contributed by atoms with Crippen molar-refractivity contribution in [3.8, 4) is 0 Å². The molecule has 1 aliphatic rings. The van der Waals surface area contributed by atoms with Crippen LogP contribution in [0.5, 0.6) is 0 Å². The van der Waals surface area contributed by atoms with Crippen LogP contribution in [0.25, 0.3) is 0 Å². The lowest BCUT2D eigenvalue weighted by Gasteiger charge is -2.40. The van der Waals surface area contributed by atoms with Crippen LogP contribution in [0.3, 0.4) is 0 Å². The average molecular weight is 356 g/mol. The summed E-state index contributed by atoms with van der Waals surface area (Å²) in [6, 6.07) is 0. The van der Waals surface area contributed by atoms with E-state index in [1.807, 2.05) is 6.92 Å². The van der Waals surface area contributed by atoms with Gasteiger partial charge in [-0.3, -0.25) is 4.79 Å². The van der Waals surface area contributed by atoms with Crippen LogP contribution >= 0.6 is 0 Å². The molecule has 0 radical (unpaired) electrons. The molecule has 4 atom stereocenters. The van der Waals surface area contributed by atoms with Crippen LogP contribution in [0.4, 0.5) is 0 Å². The summed E-state index contributed by atoms with van der Waals surface area (Å²) in [6.07, 6.45) is 0.225. The molecule has 1 aliphatic heterocycles. The second-order valence-electron chi connectivity index (χ2n) is 7.86. The minimum absolute atomic E-state index is 0.0182. The lowest BCUT2D eigenvalue weighted by Crippen LogP contribution is -2.47. The van der Waals surface area contributed by atoms with Gasteiger partial charge in [0.2, 0.25) is 5.82 Å². The molecule has 2 heterocycles. The van der Waals surface area contributed by atoms with Gasteiger partial charge in [0.15, 0.2) is 14.5 Å². The molecule has 0 aromatic carbocycles. The molecule has 2 rings (SSSR count). The molecule has 136 valence electrons. The maximum atomic E-state index is 11.2. The van der Waals surface area contributed by atoms with Crippen molar-refractivity contribution in [1.29, 1.82) is 0 Å². The zero-order valence-corrected chi connectivity index (χ0v) is 16.2. The quantitative estimate of drug-likeness (QED) is 0.769. The van der Waals surface area contributed by atoms with Gasteiger partial charge in [0, 0.05) is 5.92 Å². The summed E-state index contributed by atoms with van der Waals surface area (Å²) in [5.74, 6) is -0.777. The topological polar surface area (TPSA) is 112 Å². The van der Waals surface area contributed by atoms with Gasteiger partial charge >= 0.3 is 0 Å². The van der Waals surface area contributed by atoms with Crippen molar-refractivity contribution >= 4 is 14.2 Å². The van der Waals surface area contributed by atoms with Crippen molar-refractivity contribution in [3.05, 3.63) is 12.2 Å². The first-order valence-electron chi connectivity index (χ1n) is 8.13. The average Bonchev–Trinajstić information content (AvgIpc) is 3.04. The summed E-state index contributed by atoms with van der Waals surface area (Å²) in [5.41, 5.74) is 5.22. The number of amides is 1. The molecule has 8 nitrogen and oxygen atoms in total. The van der Waals surface area contributed by atoms with Crippen LogP contribution in [0, 0.1) is 5.92 Å². The Labute approximate surface area is 143 Å². The molecule has 1 saturated heterocycles. The van der Waals surface area contributed by atoms with Crippen LogP contribution in [0.1, 0.15) is 44.5 Å². The molecule has 4 unspecified atom stereocenters. The second-order valence-corrected chi connectivity index (χ2v) is 12.6. The van der Waals surface area contributed by atoms with Gasteiger partial charge in [-0.1, -0.05) is 27.7 Å². The number of carbonyl (C=O) groups excluding carboxylic acids is 1. The third-order valence-electron chi connectivity index (χ3n) is 5.11. The Kier molecular flexibility index (Phi) is 5.19. The second kappa shape index (κ2) is 6.55. The largest absolute Gasteiger partial charge is 0.409 e. The zero-order valence-electron chi connectivity index (χ0n) is 15.2. The van der Waals surface area contributed by atoms with Crippen LogP contribution in [-0.2, 0) is 9.16 Å². The number of hydrogen-bond donors (Lipinski definition) is 2. The van der Waals surface area contributed by atoms with Crippen molar-refractivity contribution in [2.45, 2.75) is 64.3 Å². The SMILES string of the molecule is CC1C(CO)OC(n2cnc(C(N)=O)n2)C1O[Si](C)(C)C(C)(C)C. The molecular formula is C15H28N4O4Si. The first-order chi connectivity index (χ1) is 11.0. The summed E-state index contributed by atoms with van der Waals surface area (Å²) in [6.45, 7) is 12.7. The molecule has 9 heteroatoms. The summed E-state index contributed by atoms with van der Waals surface area (Å²) >= 11 is 0. The first-order valence-corrected chi connectivity index (χ1v) is 11.0. The van der Waals surface area contributed by atoms with E-state index in [-0.39, 0.29) is 35.6 Å². The van der Waals surface area contributed by atoms with Gasteiger partial charge in [-0.05, 0) is 18.1 Å². The van der Waals surface area contributed by atoms with Crippen molar-refractivity contribution in [2.24, 2.45) is 11.7 Å². The number of nitrogens with zero attached hydrogens (tertiary/aromatic N) is 3. The standard InChI is InChI=1S/C15H28N4O4Si/c1-9-10(7-20)22-14(19-8-17-13(18-19)12(16)21)11(9)23-24(5,6)15(2,3)4/h8-11,14,20H,7H2,1-6H3,(H2,16,21). The minimum Gasteiger partial charge on any atom is -0.409 e. The fourth-order valence-electron chi connectivity index (χ4n) is 2.47. The van der Waals surface area contributed by atoms with E-state index in [1.54, 1.807) is 0 Å². The van der Waals surface area contributed by atoms with E-state index in [0.29, 0.717) is 0 Å². The molecule has 3 N–H and O–H groups in total. The Hall–Kier alpha value is -1.29. The lowest BCUT2D eigenvalue weighted by molar-refractivity contribution is -0.0551. The van der Waals surface area contributed by atoms with Crippen LogP contribution in [-0.4, -0.2) is 52.9 Å². The number of carbonyl (C=O) groups is 1. The summed E-state index contributed by atoms with van der Waals surface area (Å²) in [4.78, 5) is 15.1. The maximum absolute atomic E-state index is 11.2. The van der Waals surface area contributed by atoms with Crippen molar-refractivity contribution in [3.63, 3.8) is 0 Å². The number of aliphatic hydroxyl groups excluding tert-OH is 1. The first kappa shape index (κ1) is 19.0. The predicted molar refractivity (Wildman–Crippen MR) is 90.8 cm³/mol. The monoisotopic (exact) mass is 356 g/mol. The summed E-state index contributed by atoms with van der Waals surface area (Å²) < 4.78 is 13.9. The Morgan fingerprint density at radius 3 is 2.58 bits per heavy atom. The molecule has 1 aromatic rings. The van der Waals surface area contributed by atoms with E-state index in [1.165, 1.54) is 11.0 Å². The van der Waals surface area contributed by atoms with E-state index >= 15 is 0 Å². The minimum atomic E-state index is -2.06. The molecule has 0 spiro atoms. The molecule has 0 aliphatic carbocycles. The normalized spacial score (nSPS) is 28.3. The maximum Gasteiger partial charge on any atom is 0.288 e. The molecule has 0 bridgehead atoms. The van der Waals surface area contributed by atoms with E-state index in [0.717, 1.165) is 0 Å². The summed E-state index contributed by atoms with van der Waals surface area (Å²) in [7, 11) is -2.06. The van der Waals surface area contributed by atoms with Gasteiger partial charge in [0.05, 0.1) is 18.8 Å². The zero-order chi connectivity index (χ0) is 18.3. The molecule has 24 heavy (non-hydrogen) atoms. The Balaban J connectivity index is 2.31. The number of aliphatic hydroxyl groups is 1. The van der Waals surface area contributed by atoms with Crippen LogP contribution < -0.4 is 5.73 Å². The number of primary amides is 1. The highest BCUT2D eigenvalue weighted by atomic mass is 28.4. The van der Waals surface area contributed by atoms with Crippen molar-refractivity contribution < 1.29 is 19.1 Å². The van der Waals surface area contributed by atoms with Gasteiger partial charge in [0.25, 0.3) is 5.91 Å². The van der Waals surface area contributed by atoms with Crippen LogP contribution in [0.15, 0.2) is 6.33 Å². The Morgan fingerprint density at radius 1 is 1.50 bits per heavy atom. The number of nitrogens with two attached hydrogens (primary N) is 1. The number of aromatic nitrogens is 3. The van der Waals surface area contributed by atoms with Crippen LogP contribution in [0.2, 0.25) is 18.1 Å².